The molecular weight excluding hydrogens is 331 g/mol. The molecule has 5 heteroatoms. The first-order valence-electron chi connectivity index (χ1n) is 8.91. The molecule has 0 radical (unpaired) electrons. The largest absolute Gasteiger partial charge is 0.369 e. The first-order valence-corrected chi connectivity index (χ1v) is 8.91. The minimum absolute atomic E-state index is 0.122. The van der Waals surface area contributed by atoms with Gasteiger partial charge in [0.05, 0.1) is 5.41 Å². The Kier molecular flexibility index (Phi) is 5.07. The van der Waals surface area contributed by atoms with Crippen LogP contribution in [0, 0.1) is 11.2 Å². The van der Waals surface area contributed by atoms with E-state index in [0.717, 1.165) is 17.5 Å². The maximum absolute atomic E-state index is 13.2. The highest BCUT2D eigenvalue weighted by Gasteiger charge is 2.40. The van der Waals surface area contributed by atoms with Gasteiger partial charge in [-0.3, -0.25) is 9.59 Å². The molecule has 136 valence electrons. The number of carbonyl (C=O) groups excluding carboxylic acids is 2. The number of likely N-dealkylation sites (tertiary alicyclic amines) is 1. The lowest BCUT2D eigenvalue weighted by atomic mass is 9.76. The van der Waals surface area contributed by atoms with Gasteiger partial charge in [-0.2, -0.15) is 0 Å². The van der Waals surface area contributed by atoms with Crippen molar-refractivity contribution in [1.29, 1.82) is 0 Å². The molecule has 0 bridgehead atoms. The van der Waals surface area contributed by atoms with E-state index < -0.39 is 5.41 Å². The smallest absolute Gasteiger partial charge is 0.254 e. The standard InChI is InChI=1S/C21H23FN2O2/c1-2-21(20(23)26)12-5-13-24(14-21)19(25)18-7-4-3-6-17(18)15-8-10-16(22)11-9-15/h3-4,6-11H,2,5,12-14H2,1H3,(H2,23,26)/t21-/m1/s1. The van der Waals surface area contributed by atoms with E-state index in [1.54, 1.807) is 23.1 Å². The zero-order valence-electron chi connectivity index (χ0n) is 14.9. The van der Waals surface area contributed by atoms with Gasteiger partial charge in [0.25, 0.3) is 5.91 Å². The molecule has 0 aliphatic carbocycles. The fourth-order valence-corrected chi connectivity index (χ4v) is 3.69. The number of amides is 2. The zero-order valence-corrected chi connectivity index (χ0v) is 14.9. The van der Waals surface area contributed by atoms with E-state index in [9.17, 15) is 14.0 Å². The van der Waals surface area contributed by atoms with Gasteiger partial charge in [-0.25, -0.2) is 4.39 Å². The van der Waals surface area contributed by atoms with Gasteiger partial charge in [0, 0.05) is 18.7 Å². The molecule has 2 aromatic rings. The van der Waals surface area contributed by atoms with Gasteiger partial charge >= 0.3 is 0 Å². The Morgan fingerprint density at radius 3 is 2.50 bits per heavy atom. The quantitative estimate of drug-likeness (QED) is 0.912. The third-order valence-electron chi connectivity index (χ3n) is 5.38. The van der Waals surface area contributed by atoms with Crippen LogP contribution < -0.4 is 5.73 Å². The Hall–Kier alpha value is -2.69. The predicted octanol–water partition coefficient (Wildman–Crippen LogP) is 3.61. The van der Waals surface area contributed by atoms with Crippen LogP contribution >= 0.6 is 0 Å². The maximum Gasteiger partial charge on any atom is 0.254 e. The number of halogens is 1. The second-order valence-corrected chi connectivity index (χ2v) is 6.88. The van der Waals surface area contributed by atoms with Crippen LogP contribution in [0.5, 0.6) is 0 Å². The number of hydrogen-bond acceptors (Lipinski definition) is 2. The van der Waals surface area contributed by atoms with Crippen molar-refractivity contribution in [1.82, 2.24) is 4.90 Å². The van der Waals surface area contributed by atoms with E-state index in [0.29, 0.717) is 31.5 Å². The van der Waals surface area contributed by atoms with Crippen LogP contribution in [0.1, 0.15) is 36.5 Å². The zero-order chi connectivity index (χ0) is 18.7. The van der Waals surface area contributed by atoms with E-state index in [-0.39, 0.29) is 17.6 Å². The Morgan fingerprint density at radius 2 is 1.85 bits per heavy atom. The van der Waals surface area contributed by atoms with Gasteiger partial charge in [-0.15, -0.1) is 0 Å². The molecule has 1 heterocycles. The lowest BCUT2D eigenvalue weighted by Gasteiger charge is -2.40. The number of rotatable bonds is 4. The van der Waals surface area contributed by atoms with Gasteiger partial charge in [-0.1, -0.05) is 37.3 Å². The summed E-state index contributed by atoms with van der Waals surface area (Å²) in [6.07, 6.45) is 2.08. The average molecular weight is 354 g/mol. The molecule has 4 nitrogen and oxygen atoms in total. The Morgan fingerprint density at radius 1 is 1.15 bits per heavy atom. The Labute approximate surface area is 152 Å². The van der Waals surface area contributed by atoms with Crippen molar-refractivity contribution in [2.45, 2.75) is 26.2 Å². The Balaban J connectivity index is 1.93. The molecule has 26 heavy (non-hydrogen) atoms. The number of hydrogen-bond donors (Lipinski definition) is 1. The lowest BCUT2D eigenvalue weighted by molar-refractivity contribution is -0.130. The van der Waals surface area contributed by atoms with Crippen LogP contribution in [-0.4, -0.2) is 29.8 Å². The van der Waals surface area contributed by atoms with Crippen molar-refractivity contribution in [3.8, 4) is 11.1 Å². The molecule has 0 saturated carbocycles. The van der Waals surface area contributed by atoms with Gasteiger partial charge < -0.3 is 10.6 Å². The number of primary amides is 1. The number of benzene rings is 2. The summed E-state index contributed by atoms with van der Waals surface area (Å²) in [4.78, 5) is 26.9. The maximum atomic E-state index is 13.2. The highest BCUT2D eigenvalue weighted by molar-refractivity contribution is 6.01. The summed E-state index contributed by atoms with van der Waals surface area (Å²) in [7, 11) is 0. The van der Waals surface area contributed by atoms with E-state index >= 15 is 0 Å². The number of carbonyl (C=O) groups is 2. The normalized spacial score (nSPS) is 20.0. The van der Waals surface area contributed by atoms with Crippen LogP contribution in [-0.2, 0) is 4.79 Å². The minimum Gasteiger partial charge on any atom is -0.369 e. The number of piperidine rings is 1. The average Bonchev–Trinajstić information content (AvgIpc) is 2.68. The van der Waals surface area contributed by atoms with E-state index in [2.05, 4.69) is 0 Å². The second-order valence-electron chi connectivity index (χ2n) is 6.88. The highest BCUT2D eigenvalue weighted by atomic mass is 19.1. The molecular formula is C21H23FN2O2. The number of nitrogens with zero attached hydrogens (tertiary/aromatic N) is 1. The van der Waals surface area contributed by atoms with Crippen molar-refractivity contribution >= 4 is 11.8 Å². The second kappa shape index (κ2) is 7.28. The molecule has 1 saturated heterocycles. The minimum atomic E-state index is -0.654. The molecule has 0 aromatic heterocycles. The fraction of sp³-hybridized carbons (Fsp3) is 0.333. The molecule has 1 aliphatic rings. The summed E-state index contributed by atoms with van der Waals surface area (Å²) >= 11 is 0. The third kappa shape index (κ3) is 3.34. The van der Waals surface area contributed by atoms with Gasteiger partial charge in [0.2, 0.25) is 5.91 Å². The van der Waals surface area contributed by atoms with Gasteiger partial charge in [0.1, 0.15) is 5.82 Å². The molecule has 3 rings (SSSR count). The Bertz CT molecular complexity index is 819. The van der Waals surface area contributed by atoms with Crippen molar-refractivity contribution in [3.05, 3.63) is 59.9 Å². The predicted molar refractivity (Wildman–Crippen MR) is 98.9 cm³/mol. The molecule has 2 amide bonds. The molecule has 2 N–H and O–H groups in total. The van der Waals surface area contributed by atoms with E-state index in [1.165, 1.54) is 12.1 Å². The van der Waals surface area contributed by atoms with Crippen LogP contribution in [0.15, 0.2) is 48.5 Å². The molecule has 0 unspecified atom stereocenters. The molecule has 0 spiro atoms. The summed E-state index contributed by atoms with van der Waals surface area (Å²) in [6, 6.07) is 13.4. The fourth-order valence-electron chi connectivity index (χ4n) is 3.69. The van der Waals surface area contributed by atoms with Crippen LogP contribution in [0.2, 0.25) is 0 Å². The highest BCUT2D eigenvalue weighted by Crippen LogP contribution is 2.34. The number of nitrogens with two attached hydrogens (primary N) is 1. The first kappa shape index (κ1) is 18.1. The SMILES string of the molecule is CC[C@@]1(C(N)=O)CCCN(C(=O)c2ccccc2-c2ccc(F)cc2)C1. The van der Waals surface area contributed by atoms with Gasteiger partial charge in [-0.05, 0) is 48.6 Å². The van der Waals surface area contributed by atoms with E-state index in [1.807, 2.05) is 25.1 Å². The lowest BCUT2D eigenvalue weighted by Crippen LogP contribution is -2.52. The molecule has 2 aromatic carbocycles. The third-order valence-corrected chi connectivity index (χ3v) is 5.38. The van der Waals surface area contributed by atoms with E-state index in [4.69, 9.17) is 5.73 Å². The van der Waals surface area contributed by atoms with Crippen LogP contribution in [0.25, 0.3) is 11.1 Å². The van der Waals surface area contributed by atoms with Gasteiger partial charge in [0.15, 0.2) is 0 Å². The van der Waals surface area contributed by atoms with Crippen LogP contribution in [0.4, 0.5) is 4.39 Å². The van der Waals surface area contributed by atoms with Crippen LogP contribution in [0.3, 0.4) is 0 Å². The summed E-state index contributed by atoms with van der Waals surface area (Å²) in [6.45, 7) is 2.88. The molecule has 1 atom stereocenters. The van der Waals surface area contributed by atoms with Crippen molar-refractivity contribution in [2.24, 2.45) is 11.1 Å². The van der Waals surface area contributed by atoms with Crippen molar-refractivity contribution < 1.29 is 14.0 Å². The first-order chi connectivity index (χ1) is 12.5. The summed E-state index contributed by atoms with van der Waals surface area (Å²) in [5.74, 6) is -0.782. The summed E-state index contributed by atoms with van der Waals surface area (Å²) < 4.78 is 13.2. The molecule has 1 fully saturated rings. The monoisotopic (exact) mass is 354 g/mol. The summed E-state index contributed by atoms with van der Waals surface area (Å²) in [5, 5.41) is 0. The summed E-state index contributed by atoms with van der Waals surface area (Å²) in [5.41, 5.74) is 7.07. The van der Waals surface area contributed by atoms with Crippen molar-refractivity contribution in [3.63, 3.8) is 0 Å². The van der Waals surface area contributed by atoms with Crippen molar-refractivity contribution in [2.75, 3.05) is 13.1 Å². The topological polar surface area (TPSA) is 63.4 Å². The molecule has 1 aliphatic heterocycles.